The average molecular weight is 465 g/mol. The van der Waals surface area contributed by atoms with Crippen LogP contribution in [0.5, 0.6) is 0 Å². The van der Waals surface area contributed by atoms with Gasteiger partial charge in [-0.25, -0.2) is 4.79 Å². The second kappa shape index (κ2) is 9.17. The quantitative estimate of drug-likeness (QED) is 0.707. The van der Waals surface area contributed by atoms with Gasteiger partial charge in [0, 0.05) is 32.1 Å². The second-order valence-electron chi connectivity index (χ2n) is 8.84. The van der Waals surface area contributed by atoms with Crippen molar-refractivity contribution in [1.29, 1.82) is 0 Å². The maximum atomic E-state index is 12.9. The molecule has 0 aromatic heterocycles. The van der Waals surface area contributed by atoms with E-state index in [-0.39, 0.29) is 42.8 Å². The van der Waals surface area contributed by atoms with Gasteiger partial charge in [-0.15, -0.1) is 0 Å². The van der Waals surface area contributed by atoms with E-state index in [1.165, 1.54) is 16.8 Å². The molecule has 2 aromatic carbocycles. The molecule has 1 heterocycles. The maximum Gasteiger partial charge on any atom is 0.411 e. The number of carbonyl (C=O) groups is 4. The van der Waals surface area contributed by atoms with Gasteiger partial charge in [0.05, 0.1) is 24.0 Å². The van der Waals surface area contributed by atoms with E-state index in [9.17, 15) is 24.3 Å². The molecule has 1 aliphatic carbocycles. The molecule has 4 amide bonds. The van der Waals surface area contributed by atoms with Crippen LogP contribution in [0.2, 0.25) is 0 Å². The number of likely N-dealkylation sites (N-methyl/N-ethyl adjacent to an activating group) is 2. The number of hydrogen-bond acceptors (Lipinski definition) is 4. The molecule has 34 heavy (non-hydrogen) atoms. The number of fused-ring (bicyclic) bond motifs is 1. The summed E-state index contributed by atoms with van der Waals surface area (Å²) in [7, 11) is 3.08. The van der Waals surface area contributed by atoms with Crippen molar-refractivity contribution in [2.45, 2.75) is 25.8 Å². The minimum Gasteiger partial charge on any atom is -0.465 e. The summed E-state index contributed by atoms with van der Waals surface area (Å²) >= 11 is 0. The van der Waals surface area contributed by atoms with Crippen LogP contribution >= 0.6 is 0 Å². The summed E-state index contributed by atoms with van der Waals surface area (Å²) in [5.74, 6) is -0.456. The highest BCUT2D eigenvalue weighted by molar-refractivity contribution is 6.05. The third-order valence-electron chi connectivity index (χ3n) is 6.28. The molecule has 0 saturated heterocycles. The predicted molar refractivity (Wildman–Crippen MR) is 128 cm³/mol. The normalized spacial score (nSPS) is 17.1. The number of nitrogens with one attached hydrogen (secondary N) is 1. The molecule has 2 aromatic rings. The molecule has 9 nitrogen and oxygen atoms in total. The van der Waals surface area contributed by atoms with Crippen LogP contribution in [0.25, 0.3) is 11.1 Å². The molecule has 1 fully saturated rings. The first kappa shape index (κ1) is 23.3. The van der Waals surface area contributed by atoms with Gasteiger partial charge in [-0.05, 0) is 55.2 Å². The summed E-state index contributed by atoms with van der Waals surface area (Å²) in [6.45, 7) is 2.03. The Bertz CT molecular complexity index is 1140. The molecule has 1 aliphatic heterocycles. The van der Waals surface area contributed by atoms with E-state index < -0.39 is 6.09 Å². The van der Waals surface area contributed by atoms with E-state index in [1.54, 1.807) is 48.3 Å². The Kier molecular flexibility index (Phi) is 6.28. The molecule has 1 saturated carbocycles. The van der Waals surface area contributed by atoms with Crippen LogP contribution in [0.1, 0.15) is 30.1 Å². The number of anilines is 2. The standard InChI is InChI=1S/C25H28N4O5/c1-15-13-28(25(33)34)21-12-19(10-11-20(21)29(15)24(32)18-8-9-18)16-4-6-17(7-5-16)23(31)27(3)14-22(30)26-2/h4-7,10-12,15,18H,8-9,13-14H2,1-3H3,(H,26,30)(H,33,34)/t15-/m0/s1. The molecule has 0 bridgehead atoms. The summed E-state index contributed by atoms with van der Waals surface area (Å²) in [5, 5.41) is 12.3. The fourth-order valence-electron chi connectivity index (χ4n) is 4.24. The predicted octanol–water partition coefficient (Wildman–Crippen LogP) is 2.80. The van der Waals surface area contributed by atoms with Crippen LogP contribution in [-0.4, -0.2) is 67.0 Å². The number of carbonyl (C=O) groups excluding carboxylic acids is 3. The smallest absolute Gasteiger partial charge is 0.411 e. The molecule has 0 unspecified atom stereocenters. The summed E-state index contributed by atoms with van der Waals surface area (Å²) in [6.07, 6.45) is 0.687. The van der Waals surface area contributed by atoms with Gasteiger partial charge in [0.25, 0.3) is 5.91 Å². The molecule has 0 radical (unpaired) electrons. The van der Waals surface area contributed by atoms with Crippen molar-refractivity contribution >= 4 is 35.2 Å². The third-order valence-corrected chi connectivity index (χ3v) is 6.28. The van der Waals surface area contributed by atoms with Crippen molar-refractivity contribution in [3.63, 3.8) is 0 Å². The van der Waals surface area contributed by atoms with Gasteiger partial charge in [0.2, 0.25) is 11.8 Å². The highest BCUT2D eigenvalue weighted by Gasteiger charge is 2.41. The highest BCUT2D eigenvalue weighted by Crippen LogP contribution is 2.42. The van der Waals surface area contributed by atoms with Crippen LogP contribution in [0.15, 0.2) is 42.5 Å². The van der Waals surface area contributed by atoms with Crippen molar-refractivity contribution in [3.05, 3.63) is 48.0 Å². The van der Waals surface area contributed by atoms with Crippen molar-refractivity contribution in [2.75, 3.05) is 37.0 Å². The van der Waals surface area contributed by atoms with Gasteiger partial charge in [-0.2, -0.15) is 0 Å². The Morgan fingerprint density at radius 3 is 2.26 bits per heavy atom. The Labute approximate surface area is 197 Å². The molecular weight excluding hydrogens is 436 g/mol. The zero-order valence-corrected chi connectivity index (χ0v) is 19.4. The topological polar surface area (TPSA) is 110 Å². The highest BCUT2D eigenvalue weighted by atomic mass is 16.4. The molecule has 0 spiro atoms. The van der Waals surface area contributed by atoms with E-state index in [2.05, 4.69) is 5.32 Å². The molecule has 2 N–H and O–H groups in total. The first-order valence-electron chi connectivity index (χ1n) is 11.2. The van der Waals surface area contributed by atoms with Crippen molar-refractivity contribution < 1.29 is 24.3 Å². The van der Waals surface area contributed by atoms with E-state index in [1.807, 2.05) is 13.0 Å². The van der Waals surface area contributed by atoms with Crippen LogP contribution in [0.3, 0.4) is 0 Å². The zero-order valence-electron chi connectivity index (χ0n) is 19.4. The van der Waals surface area contributed by atoms with Gasteiger partial charge in [0.1, 0.15) is 0 Å². The molecule has 1 atom stereocenters. The lowest BCUT2D eigenvalue weighted by Gasteiger charge is -2.40. The zero-order chi connectivity index (χ0) is 24.6. The van der Waals surface area contributed by atoms with E-state index in [0.717, 1.165) is 24.0 Å². The van der Waals surface area contributed by atoms with E-state index in [4.69, 9.17) is 0 Å². The lowest BCUT2D eigenvalue weighted by Crippen LogP contribution is -2.52. The average Bonchev–Trinajstić information content (AvgIpc) is 3.68. The minimum atomic E-state index is -1.07. The van der Waals surface area contributed by atoms with Crippen LogP contribution < -0.4 is 15.1 Å². The Morgan fingerprint density at radius 1 is 1.03 bits per heavy atom. The lowest BCUT2D eigenvalue weighted by atomic mass is 9.99. The van der Waals surface area contributed by atoms with E-state index >= 15 is 0 Å². The first-order chi connectivity index (χ1) is 16.2. The summed E-state index contributed by atoms with van der Waals surface area (Å²) < 4.78 is 0. The number of hydrogen-bond donors (Lipinski definition) is 2. The van der Waals surface area contributed by atoms with Gasteiger partial charge in [-0.1, -0.05) is 18.2 Å². The van der Waals surface area contributed by atoms with Gasteiger partial charge in [0.15, 0.2) is 0 Å². The summed E-state index contributed by atoms with van der Waals surface area (Å²) in [4.78, 5) is 53.4. The van der Waals surface area contributed by atoms with Crippen molar-refractivity contribution in [2.24, 2.45) is 5.92 Å². The van der Waals surface area contributed by atoms with Gasteiger partial charge >= 0.3 is 6.09 Å². The van der Waals surface area contributed by atoms with Gasteiger partial charge in [-0.3, -0.25) is 19.3 Å². The molecule has 4 rings (SSSR count). The summed E-state index contributed by atoms with van der Waals surface area (Å²) in [5.41, 5.74) is 3.09. The molecule has 9 heteroatoms. The Hall–Kier alpha value is -3.88. The maximum absolute atomic E-state index is 12.9. The Balaban J connectivity index is 1.63. The van der Waals surface area contributed by atoms with E-state index in [0.29, 0.717) is 16.9 Å². The SMILES string of the molecule is CNC(=O)CN(C)C(=O)c1ccc(-c2ccc3c(c2)N(C(=O)O)C[C@H](C)N3C(=O)C2CC2)cc1. The minimum absolute atomic E-state index is 0.0259. The number of carboxylic acid groups (broad SMARTS) is 1. The lowest BCUT2D eigenvalue weighted by molar-refractivity contribution is -0.121. The summed E-state index contributed by atoms with van der Waals surface area (Å²) in [6, 6.07) is 12.1. The third kappa shape index (κ3) is 4.46. The first-order valence-corrected chi connectivity index (χ1v) is 11.2. The van der Waals surface area contributed by atoms with Crippen LogP contribution in [0.4, 0.5) is 16.2 Å². The van der Waals surface area contributed by atoms with Crippen molar-refractivity contribution in [3.8, 4) is 11.1 Å². The van der Waals surface area contributed by atoms with Gasteiger partial charge < -0.3 is 20.2 Å². The molecule has 178 valence electrons. The molecule has 2 aliphatic rings. The second-order valence-corrected chi connectivity index (χ2v) is 8.84. The van der Waals surface area contributed by atoms with Crippen molar-refractivity contribution in [1.82, 2.24) is 10.2 Å². The van der Waals surface area contributed by atoms with Crippen LogP contribution in [-0.2, 0) is 9.59 Å². The number of rotatable bonds is 5. The Morgan fingerprint density at radius 2 is 1.68 bits per heavy atom. The number of amides is 4. The number of benzene rings is 2. The fraction of sp³-hybridized carbons (Fsp3) is 0.360. The molecular formula is C25H28N4O5. The largest absolute Gasteiger partial charge is 0.465 e. The number of nitrogens with zero attached hydrogens (tertiary/aromatic N) is 3. The fourth-order valence-corrected chi connectivity index (χ4v) is 4.24. The van der Waals surface area contributed by atoms with Crippen LogP contribution in [0, 0.1) is 5.92 Å². The monoisotopic (exact) mass is 464 g/mol.